The molecule has 0 unspecified atom stereocenters. The zero-order chi connectivity index (χ0) is 20.6. The number of carbonyl (C=O) groups is 2. The second-order valence-electron chi connectivity index (χ2n) is 5.93. The Bertz CT molecular complexity index is 1010. The maximum Gasteiger partial charge on any atom is 0.331 e. The van der Waals surface area contributed by atoms with Crippen molar-refractivity contribution in [3.8, 4) is 11.5 Å². The Hall–Kier alpha value is -3.39. The number of nitrogens with zero attached hydrogens (tertiary/aromatic N) is 1. The third-order valence-corrected chi connectivity index (χ3v) is 4.96. The first-order valence-corrected chi connectivity index (χ1v) is 9.58. The highest BCUT2D eigenvalue weighted by Crippen LogP contribution is 2.27. The van der Waals surface area contributed by atoms with Crippen LogP contribution >= 0.6 is 11.3 Å². The number of amides is 1. The van der Waals surface area contributed by atoms with Crippen LogP contribution in [0.25, 0.3) is 16.3 Å². The molecule has 0 aliphatic carbocycles. The second-order valence-corrected chi connectivity index (χ2v) is 6.99. The van der Waals surface area contributed by atoms with Crippen LogP contribution in [0.2, 0.25) is 0 Å². The molecule has 8 heteroatoms. The van der Waals surface area contributed by atoms with Crippen LogP contribution in [-0.2, 0) is 20.9 Å². The Morgan fingerprint density at radius 3 is 2.66 bits per heavy atom. The van der Waals surface area contributed by atoms with E-state index >= 15 is 0 Å². The molecule has 1 heterocycles. The van der Waals surface area contributed by atoms with Crippen molar-refractivity contribution in [3.05, 3.63) is 59.1 Å². The van der Waals surface area contributed by atoms with Crippen LogP contribution in [-0.4, -0.2) is 37.7 Å². The van der Waals surface area contributed by atoms with Crippen LogP contribution in [0.4, 0.5) is 0 Å². The van der Waals surface area contributed by atoms with Gasteiger partial charge in [0, 0.05) is 12.6 Å². The summed E-state index contributed by atoms with van der Waals surface area (Å²) in [7, 11) is 3.10. The van der Waals surface area contributed by atoms with Crippen molar-refractivity contribution >= 4 is 39.5 Å². The average molecular weight is 412 g/mol. The molecule has 0 bridgehead atoms. The Morgan fingerprint density at radius 1 is 1.10 bits per heavy atom. The minimum Gasteiger partial charge on any atom is -0.493 e. The monoisotopic (exact) mass is 412 g/mol. The summed E-state index contributed by atoms with van der Waals surface area (Å²) in [6, 6.07) is 13.1. The van der Waals surface area contributed by atoms with E-state index in [9.17, 15) is 9.59 Å². The summed E-state index contributed by atoms with van der Waals surface area (Å²) in [6.45, 7) is -0.0887. The number of thiazole rings is 1. The molecule has 0 aliphatic heterocycles. The second kappa shape index (κ2) is 9.70. The van der Waals surface area contributed by atoms with Crippen LogP contribution in [0.3, 0.4) is 0 Å². The highest BCUT2D eigenvalue weighted by Gasteiger charge is 2.08. The fourth-order valence-electron chi connectivity index (χ4n) is 2.53. The number of methoxy groups -OCH3 is 2. The number of para-hydroxylation sites is 1. The van der Waals surface area contributed by atoms with E-state index in [2.05, 4.69) is 10.3 Å². The quantitative estimate of drug-likeness (QED) is 0.452. The normalized spacial score (nSPS) is 10.8. The molecule has 29 heavy (non-hydrogen) atoms. The first-order chi connectivity index (χ1) is 14.1. The van der Waals surface area contributed by atoms with E-state index in [1.54, 1.807) is 32.4 Å². The number of fused-ring (bicyclic) bond motifs is 1. The summed E-state index contributed by atoms with van der Waals surface area (Å²) in [5.41, 5.74) is 1.71. The van der Waals surface area contributed by atoms with Crippen LogP contribution in [0.1, 0.15) is 10.6 Å². The van der Waals surface area contributed by atoms with Crippen molar-refractivity contribution in [1.29, 1.82) is 0 Å². The zero-order valence-electron chi connectivity index (χ0n) is 16.0. The van der Waals surface area contributed by atoms with Gasteiger partial charge in [0.15, 0.2) is 18.1 Å². The predicted molar refractivity (Wildman–Crippen MR) is 111 cm³/mol. The number of nitrogens with one attached hydrogen (secondary N) is 1. The minimum atomic E-state index is -0.606. The molecule has 0 spiro atoms. The molecule has 1 aromatic heterocycles. The Labute approximate surface area is 171 Å². The molecule has 1 amide bonds. The van der Waals surface area contributed by atoms with Gasteiger partial charge in [0.25, 0.3) is 5.91 Å². The van der Waals surface area contributed by atoms with E-state index in [1.165, 1.54) is 17.4 Å². The molecule has 150 valence electrons. The molecule has 3 aromatic rings. The summed E-state index contributed by atoms with van der Waals surface area (Å²) in [6.07, 6.45) is 2.84. The first-order valence-electron chi connectivity index (χ1n) is 8.77. The lowest BCUT2D eigenvalue weighted by Gasteiger charge is -2.10. The average Bonchev–Trinajstić information content (AvgIpc) is 3.17. The summed E-state index contributed by atoms with van der Waals surface area (Å²) in [5.74, 6) is 0.175. The number of aromatic nitrogens is 1. The number of esters is 1. The lowest BCUT2D eigenvalue weighted by Crippen LogP contribution is -2.28. The third kappa shape index (κ3) is 5.55. The van der Waals surface area contributed by atoms with Crippen molar-refractivity contribution in [2.45, 2.75) is 6.54 Å². The highest BCUT2D eigenvalue weighted by atomic mass is 32.1. The summed E-state index contributed by atoms with van der Waals surface area (Å²) in [5, 5.41) is 3.38. The van der Waals surface area contributed by atoms with Gasteiger partial charge in [-0.25, -0.2) is 9.78 Å². The number of hydrogen-bond donors (Lipinski definition) is 1. The fourth-order valence-corrected chi connectivity index (χ4v) is 3.40. The minimum absolute atomic E-state index is 0.276. The maximum atomic E-state index is 11.9. The fraction of sp³-hybridized carbons (Fsp3) is 0.190. The molecule has 1 N–H and O–H groups in total. The zero-order valence-corrected chi connectivity index (χ0v) is 16.8. The summed E-state index contributed by atoms with van der Waals surface area (Å²) < 4.78 is 16.4. The lowest BCUT2D eigenvalue weighted by atomic mass is 10.2. The van der Waals surface area contributed by atoms with Crippen LogP contribution in [0, 0.1) is 0 Å². The predicted octanol–water partition coefficient (Wildman–Crippen LogP) is 3.19. The van der Waals surface area contributed by atoms with E-state index in [0.717, 1.165) is 15.8 Å². The molecule has 0 saturated heterocycles. The maximum absolute atomic E-state index is 11.9. The molecular weight excluding hydrogens is 392 g/mol. The van der Waals surface area contributed by atoms with Crippen molar-refractivity contribution in [3.63, 3.8) is 0 Å². The Kier molecular flexibility index (Phi) is 6.80. The van der Waals surface area contributed by atoms with E-state index in [-0.39, 0.29) is 13.2 Å². The van der Waals surface area contributed by atoms with E-state index < -0.39 is 11.9 Å². The van der Waals surface area contributed by atoms with Crippen molar-refractivity contribution in [2.75, 3.05) is 20.8 Å². The SMILES string of the molecule is COc1ccc(CNC(=O)COC(=O)/C=C/c2nc3ccccc3s2)cc1OC. The highest BCUT2D eigenvalue weighted by molar-refractivity contribution is 7.19. The molecule has 0 radical (unpaired) electrons. The van der Waals surface area contributed by atoms with Gasteiger partial charge >= 0.3 is 5.97 Å². The third-order valence-electron chi connectivity index (χ3n) is 3.96. The van der Waals surface area contributed by atoms with Gasteiger partial charge in [-0.05, 0) is 35.9 Å². The number of carbonyl (C=O) groups excluding carboxylic acids is 2. The number of benzene rings is 2. The van der Waals surface area contributed by atoms with E-state index in [1.807, 2.05) is 30.3 Å². The van der Waals surface area contributed by atoms with Crippen molar-refractivity contribution in [1.82, 2.24) is 10.3 Å². The van der Waals surface area contributed by atoms with Gasteiger partial charge in [-0.2, -0.15) is 0 Å². The molecule has 0 aliphatic rings. The smallest absolute Gasteiger partial charge is 0.331 e. The number of hydrogen-bond acceptors (Lipinski definition) is 7. The van der Waals surface area contributed by atoms with Gasteiger partial charge in [-0.1, -0.05) is 18.2 Å². The van der Waals surface area contributed by atoms with Crippen LogP contribution in [0.15, 0.2) is 48.5 Å². The van der Waals surface area contributed by atoms with Crippen molar-refractivity contribution < 1.29 is 23.8 Å². The van der Waals surface area contributed by atoms with Gasteiger partial charge in [0.05, 0.1) is 24.4 Å². The molecule has 2 aromatic carbocycles. The Balaban J connectivity index is 1.45. The summed E-state index contributed by atoms with van der Waals surface area (Å²) in [4.78, 5) is 28.1. The Morgan fingerprint density at radius 2 is 1.90 bits per heavy atom. The van der Waals surface area contributed by atoms with Gasteiger partial charge in [0.2, 0.25) is 0 Å². The topological polar surface area (TPSA) is 86.8 Å². The largest absolute Gasteiger partial charge is 0.493 e. The van der Waals surface area contributed by atoms with Crippen LogP contribution in [0.5, 0.6) is 11.5 Å². The standard InChI is InChI=1S/C21H20N2O5S/c1-26-16-8-7-14(11-17(16)27-2)12-22-19(24)13-28-21(25)10-9-20-23-15-5-3-4-6-18(15)29-20/h3-11H,12-13H2,1-2H3,(H,22,24)/b10-9+. The van der Waals surface area contributed by atoms with E-state index in [4.69, 9.17) is 14.2 Å². The van der Waals surface area contributed by atoms with Gasteiger partial charge in [-0.3, -0.25) is 4.79 Å². The van der Waals surface area contributed by atoms with Gasteiger partial charge in [0.1, 0.15) is 5.01 Å². The molecule has 3 rings (SSSR count). The lowest BCUT2D eigenvalue weighted by molar-refractivity contribution is -0.143. The molecule has 0 atom stereocenters. The number of ether oxygens (including phenoxy) is 3. The van der Waals surface area contributed by atoms with E-state index in [0.29, 0.717) is 16.5 Å². The van der Waals surface area contributed by atoms with Gasteiger partial charge < -0.3 is 19.5 Å². The molecular formula is C21H20N2O5S. The molecule has 7 nitrogen and oxygen atoms in total. The molecule has 0 saturated carbocycles. The summed E-state index contributed by atoms with van der Waals surface area (Å²) >= 11 is 1.47. The first kappa shape index (κ1) is 20.3. The van der Waals surface area contributed by atoms with Crippen LogP contribution < -0.4 is 14.8 Å². The van der Waals surface area contributed by atoms with Gasteiger partial charge in [-0.15, -0.1) is 11.3 Å². The molecule has 0 fully saturated rings. The van der Waals surface area contributed by atoms with Crippen molar-refractivity contribution in [2.24, 2.45) is 0 Å². The number of rotatable bonds is 8.